The molecule has 11 heteroatoms. The highest BCUT2D eigenvalue weighted by atomic mass is 35.5. The first kappa shape index (κ1) is 53.4. The topological polar surface area (TPSA) is 143 Å². The largest absolute Gasteiger partial charge is 1.00 e. The van der Waals surface area contributed by atoms with E-state index in [1.807, 2.05) is 11.8 Å². The normalized spacial score (nSPS) is 12.6. The van der Waals surface area contributed by atoms with Gasteiger partial charge in [0.1, 0.15) is 0 Å². The molecule has 0 bridgehead atoms. The number of nitrogens with one attached hydrogen (secondary N) is 2. The summed E-state index contributed by atoms with van der Waals surface area (Å²) in [5.74, 6) is -0.0273. The fourth-order valence-electron chi connectivity index (χ4n) is 5.79. The molecule has 0 radical (unpaired) electrons. The van der Waals surface area contributed by atoms with Crippen molar-refractivity contribution in [1.29, 1.82) is 0 Å². The Bertz CT molecular complexity index is 664. The van der Waals surface area contributed by atoms with Gasteiger partial charge in [-0.1, -0.05) is 142 Å². The maximum Gasteiger partial charge on any atom is 0.282 e. The molecule has 0 aromatic carbocycles. The first-order valence-electron chi connectivity index (χ1n) is 19.0. The van der Waals surface area contributed by atoms with E-state index in [0.717, 1.165) is 38.9 Å². The van der Waals surface area contributed by atoms with Gasteiger partial charge in [-0.05, 0) is 32.7 Å². The molecule has 286 valence electrons. The number of carbonyl (C=O) groups is 2. The van der Waals surface area contributed by atoms with Crippen LogP contribution in [0.3, 0.4) is 0 Å². The Morgan fingerprint density at radius 2 is 0.957 bits per heavy atom. The highest BCUT2D eigenvalue weighted by molar-refractivity contribution is 5.83. The average molecular weight is 733 g/mol. The SMILES string of the molecule is CCCCCCCCCCCCCCN(CCCCCCCCCCCC)C(=O)C([NH3+])CNC(=O)C([NH3+])CCCNC(C)N.[Cl-].[Cl-].[Cl-]. The van der Waals surface area contributed by atoms with E-state index in [4.69, 9.17) is 5.73 Å². The fourth-order valence-corrected chi connectivity index (χ4v) is 5.79. The molecule has 0 heterocycles. The summed E-state index contributed by atoms with van der Waals surface area (Å²) in [7, 11) is 0. The number of nitrogens with two attached hydrogens (primary N) is 1. The van der Waals surface area contributed by atoms with Gasteiger partial charge in [0.2, 0.25) is 0 Å². The van der Waals surface area contributed by atoms with Crippen molar-refractivity contribution >= 4 is 11.8 Å². The summed E-state index contributed by atoms with van der Waals surface area (Å²) in [4.78, 5) is 28.0. The summed E-state index contributed by atoms with van der Waals surface area (Å²) in [5, 5.41) is 6.09. The number of nitrogens with zero attached hydrogens (tertiary/aromatic N) is 1. The molecule has 2 amide bonds. The van der Waals surface area contributed by atoms with Crippen molar-refractivity contribution in [2.75, 3.05) is 26.2 Å². The molecular formula is C36H78Cl3N6O2-. The van der Waals surface area contributed by atoms with Crippen LogP contribution in [0.25, 0.3) is 0 Å². The third kappa shape index (κ3) is 35.3. The van der Waals surface area contributed by atoms with Crippen LogP contribution < -0.4 is 65.1 Å². The van der Waals surface area contributed by atoms with E-state index >= 15 is 0 Å². The standard InChI is InChI=1S/C36H76N6O2.3ClH/c1-4-6-8-10-12-14-16-17-19-21-23-25-30-42(29-24-22-20-18-15-13-11-9-7-5-2)36(44)34(39)31-41-35(43)33(38)27-26-28-40-32(3)37;;;/h32-34,40H,4-31,37-39H2,1-3H3,(H,41,43);3*1H/p-1. The van der Waals surface area contributed by atoms with Crippen LogP contribution >= 0.6 is 0 Å². The van der Waals surface area contributed by atoms with E-state index in [2.05, 4.69) is 35.9 Å². The quantitative estimate of drug-likeness (QED) is 0.0352. The molecule has 0 fully saturated rings. The fraction of sp³-hybridized carbons (Fsp3) is 0.944. The second-order valence-corrected chi connectivity index (χ2v) is 13.4. The molecule has 3 unspecified atom stereocenters. The molecule has 0 aliphatic heterocycles. The average Bonchev–Trinajstić information content (AvgIpc) is 3.01. The molecular weight excluding hydrogens is 655 g/mol. The summed E-state index contributed by atoms with van der Waals surface area (Å²) in [6.45, 7) is 9.08. The van der Waals surface area contributed by atoms with E-state index in [1.165, 1.54) is 128 Å². The van der Waals surface area contributed by atoms with Gasteiger partial charge in [-0.2, -0.15) is 0 Å². The van der Waals surface area contributed by atoms with E-state index in [-0.39, 0.29) is 67.8 Å². The zero-order chi connectivity index (χ0) is 32.7. The Hall–Kier alpha value is -0.350. The summed E-state index contributed by atoms with van der Waals surface area (Å²) in [6, 6.07) is -0.803. The number of hydrogen-bond donors (Lipinski definition) is 5. The number of unbranched alkanes of at least 4 members (excludes halogenated alkanes) is 20. The second-order valence-electron chi connectivity index (χ2n) is 13.4. The van der Waals surface area contributed by atoms with Gasteiger partial charge in [0.15, 0.2) is 12.1 Å². The number of amides is 2. The lowest BCUT2D eigenvalue weighted by Crippen LogP contribution is -3.00. The van der Waals surface area contributed by atoms with Crippen molar-refractivity contribution in [1.82, 2.24) is 15.5 Å². The lowest BCUT2D eigenvalue weighted by atomic mass is 10.0. The Morgan fingerprint density at radius 3 is 1.32 bits per heavy atom. The predicted octanol–water partition coefficient (Wildman–Crippen LogP) is -3.54. The predicted molar refractivity (Wildman–Crippen MR) is 187 cm³/mol. The minimum atomic E-state index is -0.466. The number of quaternary nitrogens is 2. The first-order valence-corrected chi connectivity index (χ1v) is 19.0. The van der Waals surface area contributed by atoms with E-state index < -0.39 is 6.04 Å². The summed E-state index contributed by atoms with van der Waals surface area (Å²) < 4.78 is 0. The van der Waals surface area contributed by atoms with Crippen molar-refractivity contribution in [3.05, 3.63) is 0 Å². The summed E-state index contributed by atoms with van der Waals surface area (Å²) in [6.07, 6.45) is 30.1. The molecule has 0 rings (SSSR count). The highest BCUT2D eigenvalue weighted by Gasteiger charge is 2.26. The van der Waals surface area contributed by atoms with E-state index in [9.17, 15) is 9.59 Å². The zero-order valence-corrected chi connectivity index (χ0v) is 33.2. The van der Waals surface area contributed by atoms with Crippen LogP contribution in [0.5, 0.6) is 0 Å². The van der Waals surface area contributed by atoms with Gasteiger partial charge >= 0.3 is 0 Å². The molecule has 3 atom stereocenters. The van der Waals surface area contributed by atoms with Gasteiger partial charge in [-0.3, -0.25) is 9.59 Å². The van der Waals surface area contributed by atoms with Crippen LogP contribution in [0, 0.1) is 0 Å². The highest BCUT2D eigenvalue weighted by Crippen LogP contribution is 2.14. The third-order valence-corrected chi connectivity index (χ3v) is 8.81. The van der Waals surface area contributed by atoms with Crippen LogP contribution in [0.4, 0.5) is 0 Å². The molecule has 8 nitrogen and oxygen atoms in total. The van der Waals surface area contributed by atoms with Gasteiger partial charge in [0, 0.05) is 19.5 Å². The molecule has 0 aliphatic carbocycles. The Morgan fingerprint density at radius 1 is 0.596 bits per heavy atom. The van der Waals surface area contributed by atoms with Gasteiger partial charge in [-0.15, -0.1) is 0 Å². The summed E-state index contributed by atoms with van der Waals surface area (Å²) >= 11 is 0. The van der Waals surface area contributed by atoms with E-state index in [0.29, 0.717) is 6.42 Å². The van der Waals surface area contributed by atoms with Crippen LogP contribution in [-0.2, 0) is 9.59 Å². The Kier molecular flexibility index (Phi) is 45.6. The molecule has 0 spiro atoms. The van der Waals surface area contributed by atoms with Crippen LogP contribution in [0.1, 0.15) is 175 Å². The Balaban J connectivity index is -0.00000308. The van der Waals surface area contributed by atoms with Crippen molar-refractivity contribution < 1.29 is 58.3 Å². The van der Waals surface area contributed by atoms with Crippen LogP contribution in [0.2, 0.25) is 0 Å². The van der Waals surface area contributed by atoms with Crippen molar-refractivity contribution in [3.8, 4) is 0 Å². The first-order chi connectivity index (χ1) is 21.3. The third-order valence-electron chi connectivity index (χ3n) is 8.81. The smallest absolute Gasteiger partial charge is 0.282 e. The van der Waals surface area contributed by atoms with Crippen molar-refractivity contribution in [2.45, 2.75) is 193 Å². The van der Waals surface area contributed by atoms with Crippen LogP contribution in [-0.4, -0.2) is 61.1 Å². The van der Waals surface area contributed by atoms with Crippen molar-refractivity contribution in [3.63, 3.8) is 0 Å². The maximum atomic E-state index is 13.4. The minimum absolute atomic E-state index is 0. The monoisotopic (exact) mass is 732 g/mol. The lowest BCUT2D eigenvalue weighted by molar-refractivity contribution is -0.408. The second kappa shape index (κ2) is 40.1. The number of rotatable bonds is 33. The molecule has 0 saturated carbocycles. The number of hydrogen-bond acceptors (Lipinski definition) is 4. The van der Waals surface area contributed by atoms with Crippen LogP contribution in [0.15, 0.2) is 0 Å². The van der Waals surface area contributed by atoms with Gasteiger partial charge in [0.25, 0.3) is 11.8 Å². The zero-order valence-electron chi connectivity index (χ0n) is 30.9. The molecule has 0 aromatic heterocycles. The molecule has 0 saturated heterocycles. The Labute approximate surface area is 309 Å². The minimum Gasteiger partial charge on any atom is -1.00 e. The molecule has 47 heavy (non-hydrogen) atoms. The van der Waals surface area contributed by atoms with Gasteiger partial charge < -0.3 is 70.0 Å². The lowest BCUT2D eigenvalue weighted by Gasteiger charge is -2.25. The van der Waals surface area contributed by atoms with Crippen molar-refractivity contribution in [2.24, 2.45) is 5.73 Å². The van der Waals surface area contributed by atoms with E-state index in [1.54, 1.807) is 0 Å². The number of halogens is 3. The summed E-state index contributed by atoms with van der Waals surface area (Å²) in [5.41, 5.74) is 13.9. The molecule has 0 aliphatic rings. The molecule has 0 aromatic rings. The van der Waals surface area contributed by atoms with Gasteiger partial charge in [-0.25, -0.2) is 0 Å². The maximum absolute atomic E-state index is 13.4. The number of carbonyl (C=O) groups excluding carboxylic acids is 2. The van der Waals surface area contributed by atoms with Gasteiger partial charge in [0.05, 0.1) is 12.7 Å². The molecule has 10 N–H and O–H groups in total.